The Bertz CT molecular complexity index is 1450. The first-order valence-corrected chi connectivity index (χ1v) is 14.8. The van der Waals surface area contributed by atoms with Crippen molar-refractivity contribution in [3.05, 3.63) is 89.7 Å². The smallest absolute Gasteiger partial charge is 0.264 e. The minimum absolute atomic E-state index is 0.0166. The highest BCUT2D eigenvalue weighted by atomic mass is 32.2. The van der Waals surface area contributed by atoms with Gasteiger partial charge in [-0.25, -0.2) is 12.8 Å². The minimum Gasteiger partial charge on any atom is -0.497 e. The van der Waals surface area contributed by atoms with Crippen LogP contribution < -0.4 is 14.4 Å². The number of nitrogens with one attached hydrogen (secondary N) is 1. The number of ether oxygens (including phenoxy) is 1. The summed E-state index contributed by atoms with van der Waals surface area (Å²) in [6.45, 7) is 8.59. The molecule has 0 heterocycles. The van der Waals surface area contributed by atoms with Crippen LogP contribution in [0.4, 0.5) is 10.1 Å². The molecule has 0 aliphatic heterocycles. The number of carbonyl (C=O) groups is 2. The normalized spacial score (nSPS) is 12.4. The van der Waals surface area contributed by atoms with Crippen LogP contribution in [0.15, 0.2) is 77.7 Å². The average Bonchev–Trinajstić information content (AvgIpc) is 2.91. The molecule has 0 fully saturated rings. The Kier molecular flexibility index (Phi) is 10.1. The molecule has 0 aromatic heterocycles. The third-order valence-corrected chi connectivity index (χ3v) is 8.16. The zero-order valence-electron chi connectivity index (χ0n) is 24.3. The molecule has 220 valence electrons. The van der Waals surface area contributed by atoms with Crippen molar-refractivity contribution in [1.82, 2.24) is 10.2 Å². The number of amides is 2. The van der Waals surface area contributed by atoms with E-state index in [4.69, 9.17) is 4.74 Å². The fraction of sp³-hybridized carbons (Fsp3) is 0.355. The van der Waals surface area contributed by atoms with Gasteiger partial charge in [0.2, 0.25) is 11.8 Å². The molecule has 2 amide bonds. The van der Waals surface area contributed by atoms with Crippen molar-refractivity contribution in [2.45, 2.75) is 64.1 Å². The second-order valence-corrected chi connectivity index (χ2v) is 12.7. The zero-order valence-corrected chi connectivity index (χ0v) is 25.2. The van der Waals surface area contributed by atoms with Crippen LogP contribution in [0, 0.1) is 12.7 Å². The lowest BCUT2D eigenvalue weighted by molar-refractivity contribution is -0.141. The lowest BCUT2D eigenvalue weighted by Crippen LogP contribution is -2.55. The maximum atomic E-state index is 14.1. The highest BCUT2D eigenvalue weighted by Crippen LogP contribution is 2.26. The van der Waals surface area contributed by atoms with Gasteiger partial charge in [-0.15, -0.1) is 0 Å². The number of halogens is 1. The molecule has 0 aliphatic carbocycles. The molecule has 0 bridgehead atoms. The number of sulfonamides is 1. The van der Waals surface area contributed by atoms with Gasteiger partial charge in [0.15, 0.2) is 0 Å². The molecule has 3 aromatic carbocycles. The van der Waals surface area contributed by atoms with Gasteiger partial charge in [-0.1, -0.05) is 36.8 Å². The Balaban J connectivity index is 2.07. The molecule has 0 aliphatic rings. The van der Waals surface area contributed by atoms with Crippen LogP contribution >= 0.6 is 0 Å². The van der Waals surface area contributed by atoms with Crippen molar-refractivity contribution in [3.8, 4) is 5.75 Å². The van der Waals surface area contributed by atoms with E-state index in [1.807, 2.05) is 27.7 Å². The number of anilines is 1. The van der Waals surface area contributed by atoms with Gasteiger partial charge in [-0.3, -0.25) is 13.9 Å². The molecule has 10 heteroatoms. The summed E-state index contributed by atoms with van der Waals surface area (Å²) in [6.07, 6.45) is 0.291. The third kappa shape index (κ3) is 8.29. The molecule has 0 radical (unpaired) electrons. The Morgan fingerprint density at radius 3 is 2.20 bits per heavy atom. The van der Waals surface area contributed by atoms with Crippen molar-refractivity contribution < 1.29 is 27.1 Å². The Labute approximate surface area is 242 Å². The number of hydrogen-bond acceptors (Lipinski definition) is 5. The van der Waals surface area contributed by atoms with Gasteiger partial charge >= 0.3 is 0 Å². The van der Waals surface area contributed by atoms with Crippen molar-refractivity contribution >= 4 is 27.5 Å². The lowest BCUT2D eigenvalue weighted by atomic mass is 10.1. The Morgan fingerprint density at radius 2 is 1.63 bits per heavy atom. The van der Waals surface area contributed by atoms with Crippen molar-refractivity contribution in [2.75, 3.05) is 18.0 Å². The highest BCUT2D eigenvalue weighted by molar-refractivity contribution is 7.92. The number of hydrogen-bond donors (Lipinski definition) is 1. The van der Waals surface area contributed by atoms with E-state index in [-0.39, 0.29) is 23.0 Å². The van der Waals surface area contributed by atoms with Crippen LogP contribution in [-0.2, 0) is 26.2 Å². The second kappa shape index (κ2) is 13.2. The van der Waals surface area contributed by atoms with E-state index in [1.54, 1.807) is 43.3 Å². The van der Waals surface area contributed by atoms with Crippen LogP contribution in [0.3, 0.4) is 0 Å². The number of rotatable bonds is 11. The largest absolute Gasteiger partial charge is 0.497 e. The highest BCUT2D eigenvalue weighted by Gasteiger charge is 2.34. The summed E-state index contributed by atoms with van der Waals surface area (Å²) in [5.74, 6) is -0.913. The molecule has 1 N–H and O–H groups in total. The zero-order chi connectivity index (χ0) is 30.4. The summed E-state index contributed by atoms with van der Waals surface area (Å²) in [5, 5.41) is 2.94. The van der Waals surface area contributed by atoms with Gasteiger partial charge in [0.25, 0.3) is 10.0 Å². The van der Waals surface area contributed by atoms with Gasteiger partial charge in [0.1, 0.15) is 24.2 Å². The van der Waals surface area contributed by atoms with Gasteiger partial charge in [-0.05, 0) is 88.2 Å². The van der Waals surface area contributed by atoms with Gasteiger partial charge in [0, 0.05) is 12.1 Å². The minimum atomic E-state index is -4.23. The van der Waals surface area contributed by atoms with Crippen molar-refractivity contribution in [3.63, 3.8) is 0 Å². The number of benzene rings is 3. The van der Waals surface area contributed by atoms with E-state index < -0.39 is 39.9 Å². The van der Waals surface area contributed by atoms with Gasteiger partial charge in [0.05, 0.1) is 17.7 Å². The molecule has 0 saturated carbocycles. The fourth-order valence-corrected chi connectivity index (χ4v) is 5.73. The van der Waals surface area contributed by atoms with Crippen LogP contribution in [0.5, 0.6) is 5.75 Å². The topological polar surface area (TPSA) is 96.0 Å². The molecule has 0 saturated heterocycles. The van der Waals surface area contributed by atoms with E-state index >= 15 is 0 Å². The quantitative estimate of drug-likeness (QED) is 0.341. The first kappa shape index (κ1) is 31.6. The van der Waals surface area contributed by atoms with Crippen molar-refractivity contribution in [1.29, 1.82) is 0 Å². The van der Waals surface area contributed by atoms with E-state index in [2.05, 4.69) is 5.32 Å². The fourth-order valence-electron chi connectivity index (χ4n) is 4.31. The molecule has 1 atom stereocenters. The molecule has 8 nitrogen and oxygen atoms in total. The maximum Gasteiger partial charge on any atom is 0.264 e. The maximum absolute atomic E-state index is 14.1. The molecule has 3 aromatic rings. The van der Waals surface area contributed by atoms with E-state index in [0.29, 0.717) is 17.7 Å². The van der Waals surface area contributed by atoms with Gasteiger partial charge in [-0.2, -0.15) is 0 Å². The second-order valence-electron chi connectivity index (χ2n) is 10.8. The Morgan fingerprint density at radius 1 is 1.00 bits per heavy atom. The van der Waals surface area contributed by atoms with Crippen LogP contribution in [-0.4, -0.2) is 50.4 Å². The summed E-state index contributed by atoms with van der Waals surface area (Å²) in [7, 11) is -2.70. The molecule has 0 spiro atoms. The number of carbonyl (C=O) groups excluding carboxylic acids is 2. The van der Waals surface area contributed by atoms with Crippen LogP contribution in [0.1, 0.15) is 45.2 Å². The molecule has 41 heavy (non-hydrogen) atoms. The standard InChI is InChI=1S/C31H38FN3O5S/c1-7-28(30(37)33-31(3,4)5)34(20-23-9-8-10-26(19-23)40-6)29(36)21-35(25-15-13-24(32)14-16-25)41(38,39)27-17-11-22(2)12-18-27/h8-19,28H,7,20-21H2,1-6H3,(H,33,37). The van der Waals surface area contributed by atoms with Crippen LogP contribution in [0.2, 0.25) is 0 Å². The van der Waals surface area contributed by atoms with Crippen molar-refractivity contribution in [2.24, 2.45) is 0 Å². The van der Waals surface area contributed by atoms with E-state index in [1.165, 1.54) is 36.3 Å². The first-order valence-electron chi connectivity index (χ1n) is 13.3. The SMILES string of the molecule is CCC(C(=O)NC(C)(C)C)N(Cc1cccc(OC)c1)C(=O)CN(c1ccc(F)cc1)S(=O)(=O)c1ccc(C)cc1. The molecule has 3 rings (SSSR count). The molecular formula is C31H38FN3O5S. The number of aryl methyl sites for hydroxylation is 1. The third-order valence-electron chi connectivity index (χ3n) is 6.37. The number of methoxy groups -OCH3 is 1. The van der Waals surface area contributed by atoms with E-state index in [0.717, 1.165) is 22.0 Å². The monoisotopic (exact) mass is 583 g/mol. The van der Waals surface area contributed by atoms with E-state index in [9.17, 15) is 22.4 Å². The summed E-state index contributed by atoms with van der Waals surface area (Å²) in [5.41, 5.74) is 1.14. The van der Waals surface area contributed by atoms with Gasteiger partial charge < -0.3 is 15.0 Å². The average molecular weight is 584 g/mol. The predicted molar refractivity (Wildman–Crippen MR) is 158 cm³/mol. The molecule has 1 unspecified atom stereocenters. The molecular weight excluding hydrogens is 545 g/mol. The number of nitrogens with zero attached hydrogens (tertiary/aromatic N) is 2. The summed E-state index contributed by atoms with van der Waals surface area (Å²) in [6, 6.07) is 17.4. The summed E-state index contributed by atoms with van der Waals surface area (Å²) >= 11 is 0. The lowest BCUT2D eigenvalue weighted by Gasteiger charge is -2.34. The summed E-state index contributed by atoms with van der Waals surface area (Å²) in [4.78, 5) is 28.8. The first-order chi connectivity index (χ1) is 19.2. The van der Waals surface area contributed by atoms with Crippen LogP contribution in [0.25, 0.3) is 0 Å². The predicted octanol–water partition coefficient (Wildman–Crippen LogP) is 5.06. The summed E-state index contributed by atoms with van der Waals surface area (Å²) < 4.78 is 47.8. The Hall–Kier alpha value is -3.92.